The lowest BCUT2D eigenvalue weighted by atomic mass is 10.0. The number of hydrogen-bond donors (Lipinski definition) is 1. The Morgan fingerprint density at radius 2 is 2.06 bits per heavy atom. The van der Waals surface area contributed by atoms with Gasteiger partial charge in [0.05, 0.1) is 12.0 Å². The second-order valence-electron chi connectivity index (χ2n) is 4.95. The number of fused-ring (bicyclic) bond motifs is 1. The van der Waals surface area contributed by atoms with Gasteiger partial charge in [-0.15, -0.1) is 12.4 Å². The second kappa shape index (κ2) is 4.00. The van der Waals surface area contributed by atoms with Gasteiger partial charge in [0, 0.05) is 12.0 Å². The third-order valence-corrected chi connectivity index (χ3v) is 3.90. The SMILES string of the molecule is CC1C(=O)N(C(=O)C2CC2)C2CCNC12.Cl. The zero-order valence-electron chi connectivity index (χ0n) is 9.31. The van der Waals surface area contributed by atoms with E-state index in [1.54, 1.807) is 4.90 Å². The minimum atomic E-state index is -0.0276. The van der Waals surface area contributed by atoms with Crippen LogP contribution in [0.15, 0.2) is 0 Å². The van der Waals surface area contributed by atoms with Crippen LogP contribution in [0.5, 0.6) is 0 Å². The molecule has 3 aliphatic rings. The number of likely N-dealkylation sites (tertiary alicyclic amines) is 1. The first kappa shape index (κ1) is 11.9. The van der Waals surface area contributed by atoms with Crippen molar-refractivity contribution in [3.05, 3.63) is 0 Å². The van der Waals surface area contributed by atoms with Crippen LogP contribution in [0.25, 0.3) is 0 Å². The molecule has 0 bridgehead atoms. The van der Waals surface area contributed by atoms with Crippen LogP contribution in [-0.4, -0.2) is 35.3 Å². The molecule has 90 valence electrons. The van der Waals surface area contributed by atoms with Gasteiger partial charge in [-0.05, 0) is 25.8 Å². The van der Waals surface area contributed by atoms with E-state index in [1.165, 1.54) is 0 Å². The van der Waals surface area contributed by atoms with Crippen molar-refractivity contribution >= 4 is 24.2 Å². The molecule has 0 aromatic carbocycles. The number of nitrogens with zero attached hydrogens (tertiary/aromatic N) is 1. The van der Waals surface area contributed by atoms with Crippen molar-refractivity contribution in [3.8, 4) is 0 Å². The summed E-state index contributed by atoms with van der Waals surface area (Å²) in [6.45, 7) is 2.86. The molecule has 1 aliphatic carbocycles. The Bertz CT molecular complexity index is 322. The van der Waals surface area contributed by atoms with Crippen LogP contribution in [0.3, 0.4) is 0 Å². The molecule has 2 saturated heterocycles. The first-order valence-electron chi connectivity index (χ1n) is 5.80. The Hall–Kier alpha value is -0.610. The Morgan fingerprint density at radius 1 is 1.38 bits per heavy atom. The molecule has 2 aliphatic heterocycles. The van der Waals surface area contributed by atoms with Crippen LogP contribution < -0.4 is 5.32 Å². The molecule has 3 atom stereocenters. The summed E-state index contributed by atoms with van der Waals surface area (Å²) in [6.07, 6.45) is 2.88. The fourth-order valence-electron chi connectivity index (χ4n) is 2.85. The highest BCUT2D eigenvalue weighted by Gasteiger charge is 2.52. The third-order valence-electron chi connectivity index (χ3n) is 3.90. The van der Waals surface area contributed by atoms with Crippen molar-refractivity contribution in [2.75, 3.05) is 6.54 Å². The lowest BCUT2D eigenvalue weighted by molar-refractivity contribution is -0.145. The quantitative estimate of drug-likeness (QED) is 0.686. The molecule has 3 unspecified atom stereocenters. The molecule has 3 rings (SSSR count). The molecule has 3 fully saturated rings. The van der Waals surface area contributed by atoms with Crippen LogP contribution in [-0.2, 0) is 9.59 Å². The second-order valence-corrected chi connectivity index (χ2v) is 4.95. The van der Waals surface area contributed by atoms with E-state index in [0.29, 0.717) is 0 Å². The highest BCUT2D eigenvalue weighted by molar-refractivity contribution is 6.00. The summed E-state index contributed by atoms with van der Waals surface area (Å²) in [7, 11) is 0. The molecule has 0 radical (unpaired) electrons. The molecule has 2 heterocycles. The highest BCUT2D eigenvalue weighted by atomic mass is 35.5. The van der Waals surface area contributed by atoms with Gasteiger partial charge < -0.3 is 5.32 Å². The van der Waals surface area contributed by atoms with E-state index in [1.807, 2.05) is 6.92 Å². The molecular formula is C11H17ClN2O2. The van der Waals surface area contributed by atoms with Crippen molar-refractivity contribution in [3.63, 3.8) is 0 Å². The summed E-state index contributed by atoms with van der Waals surface area (Å²) in [5, 5.41) is 3.33. The van der Waals surface area contributed by atoms with Gasteiger partial charge in [0.15, 0.2) is 0 Å². The van der Waals surface area contributed by atoms with Gasteiger partial charge in [0.2, 0.25) is 11.8 Å². The highest BCUT2D eigenvalue weighted by Crippen LogP contribution is 2.37. The van der Waals surface area contributed by atoms with Crippen LogP contribution in [0, 0.1) is 11.8 Å². The maximum Gasteiger partial charge on any atom is 0.233 e. The standard InChI is InChI=1S/C11H16N2O2.ClH/c1-6-9-8(4-5-12-9)13(10(6)14)11(15)7-2-3-7;/h6-9,12H,2-5H2,1H3;1H. The average Bonchev–Trinajstić information content (AvgIpc) is 2.92. The minimum absolute atomic E-state index is 0. The Morgan fingerprint density at radius 3 is 2.69 bits per heavy atom. The molecular weight excluding hydrogens is 228 g/mol. The molecule has 0 aromatic rings. The van der Waals surface area contributed by atoms with Crippen molar-refractivity contribution in [2.24, 2.45) is 11.8 Å². The van der Waals surface area contributed by atoms with E-state index in [-0.39, 0.29) is 48.1 Å². The van der Waals surface area contributed by atoms with Gasteiger partial charge in [0.25, 0.3) is 0 Å². The smallest absolute Gasteiger partial charge is 0.233 e. The van der Waals surface area contributed by atoms with E-state index in [0.717, 1.165) is 25.8 Å². The Labute approximate surface area is 101 Å². The van der Waals surface area contributed by atoms with E-state index >= 15 is 0 Å². The van der Waals surface area contributed by atoms with Crippen molar-refractivity contribution in [1.29, 1.82) is 0 Å². The van der Waals surface area contributed by atoms with E-state index in [4.69, 9.17) is 0 Å². The molecule has 1 saturated carbocycles. The third kappa shape index (κ3) is 1.55. The van der Waals surface area contributed by atoms with E-state index in [9.17, 15) is 9.59 Å². The molecule has 16 heavy (non-hydrogen) atoms. The van der Waals surface area contributed by atoms with Gasteiger partial charge in [-0.25, -0.2) is 0 Å². The van der Waals surface area contributed by atoms with Crippen molar-refractivity contribution in [1.82, 2.24) is 10.2 Å². The molecule has 2 amide bonds. The number of imide groups is 1. The summed E-state index contributed by atoms with van der Waals surface area (Å²) in [6, 6.07) is 0.348. The Kier molecular flexibility index (Phi) is 2.97. The predicted octanol–water partition coefficient (Wildman–Crippen LogP) is 0.554. The maximum atomic E-state index is 12.0. The molecule has 0 spiro atoms. The number of carbonyl (C=O) groups is 2. The largest absolute Gasteiger partial charge is 0.311 e. The number of halogens is 1. The maximum absolute atomic E-state index is 12.0. The Balaban J connectivity index is 0.000000963. The normalized spacial score (nSPS) is 37.2. The zero-order chi connectivity index (χ0) is 10.6. The van der Waals surface area contributed by atoms with Gasteiger partial charge in [-0.2, -0.15) is 0 Å². The fraction of sp³-hybridized carbons (Fsp3) is 0.818. The fourth-order valence-corrected chi connectivity index (χ4v) is 2.85. The summed E-state index contributed by atoms with van der Waals surface area (Å²) in [5.41, 5.74) is 0. The van der Waals surface area contributed by atoms with Gasteiger partial charge in [-0.3, -0.25) is 14.5 Å². The first-order valence-corrected chi connectivity index (χ1v) is 5.80. The van der Waals surface area contributed by atoms with E-state index < -0.39 is 0 Å². The summed E-state index contributed by atoms with van der Waals surface area (Å²) < 4.78 is 0. The lowest BCUT2D eigenvalue weighted by Crippen LogP contribution is -2.41. The molecule has 1 N–H and O–H groups in total. The van der Waals surface area contributed by atoms with Crippen LogP contribution in [0.2, 0.25) is 0 Å². The predicted molar refractivity (Wildman–Crippen MR) is 61.2 cm³/mol. The van der Waals surface area contributed by atoms with Crippen molar-refractivity contribution in [2.45, 2.75) is 38.3 Å². The van der Waals surface area contributed by atoms with Crippen LogP contribution >= 0.6 is 12.4 Å². The monoisotopic (exact) mass is 244 g/mol. The van der Waals surface area contributed by atoms with Crippen molar-refractivity contribution < 1.29 is 9.59 Å². The minimum Gasteiger partial charge on any atom is -0.311 e. The summed E-state index contributed by atoms with van der Waals surface area (Å²) in [4.78, 5) is 25.5. The summed E-state index contributed by atoms with van der Waals surface area (Å²) >= 11 is 0. The molecule has 5 heteroatoms. The number of hydrogen-bond acceptors (Lipinski definition) is 3. The average molecular weight is 245 g/mol. The van der Waals surface area contributed by atoms with Gasteiger partial charge in [-0.1, -0.05) is 6.92 Å². The topological polar surface area (TPSA) is 49.4 Å². The van der Waals surface area contributed by atoms with Gasteiger partial charge >= 0.3 is 0 Å². The molecule has 4 nitrogen and oxygen atoms in total. The summed E-state index contributed by atoms with van der Waals surface area (Å²) in [5.74, 6) is 0.248. The molecule has 0 aromatic heterocycles. The van der Waals surface area contributed by atoms with E-state index in [2.05, 4.69) is 5.32 Å². The lowest BCUT2D eigenvalue weighted by Gasteiger charge is -2.21. The van der Waals surface area contributed by atoms with Gasteiger partial charge in [0.1, 0.15) is 0 Å². The number of carbonyl (C=O) groups excluding carboxylic acids is 2. The van der Waals surface area contributed by atoms with Crippen LogP contribution in [0.4, 0.5) is 0 Å². The number of rotatable bonds is 1. The zero-order valence-corrected chi connectivity index (χ0v) is 10.1. The number of amides is 2. The number of nitrogens with one attached hydrogen (secondary N) is 1. The van der Waals surface area contributed by atoms with Crippen LogP contribution in [0.1, 0.15) is 26.2 Å². The first-order chi connectivity index (χ1) is 7.20.